The number of unbranched alkanes of at least 4 members (excludes halogenated alkanes) is 1. The van der Waals surface area contributed by atoms with Crippen LogP contribution in [0.4, 0.5) is 5.82 Å². The molecule has 0 saturated carbocycles. The predicted octanol–water partition coefficient (Wildman–Crippen LogP) is 2.76. The molecule has 0 saturated heterocycles. The Hall–Kier alpha value is -1.35. The Morgan fingerprint density at radius 2 is 2.29 bits per heavy atom. The number of allylic oxidation sites excluding steroid dienone is 1. The number of nitrogens with one attached hydrogen (secondary N) is 1. The van der Waals surface area contributed by atoms with Crippen LogP contribution in [0.15, 0.2) is 31.0 Å². The van der Waals surface area contributed by atoms with Crippen LogP contribution in [0.5, 0.6) is 0 Å². The van der Waals surface area contributed by atoms with Crippen molar-refractivity contribution in [1.29, 1.82) is 0 Å². The molecule has 94 valence electrons. The number of hydrogen-bond acceptors (Lipinski definition) is 3. The molecule has 17 heavy (non-hydrogen) atoms. The second-order valence-corrected chi connectivity index (χ2v) is 4.31. The van der Waals surface area contributed by atoms with E-state index in [-0.39, 0.29) is 0 Å². The van der Waals surface area contributed by atoms with Gasteiger partial charge >= 0.3 is 0 Å². The van der Waals surface area contributed by atoms with Gasteiger partial charge in [-0.1, -0.05) is 12.1 Å². The Morgan fingerprint density at radius 1 is 1.53 bits per heavy atom. The molecule has 0 spiro atoms. The van der Waals surface area contributed by atoms with Gasteiger partial charge in [0.1, 0.15) is 5.82 Å². The summed E-state index contributed by atoms with van der Waals surface area (Å²) in [7, 11) is 4.03. The first-order valence-electron chi connectivity index (χ1n) is 6.14. The third-order valence-corrected chi connectivity index (χ3v) is 3.00. The highest BCUT2D eigenvalue weighted by atomic mass is 15.2. The summed E-state index contributed by atoms with van der Waals surface area (Å²) in [6.07, 6.45) is 6.08. The van der Waals surface area contributed by atoms with E-state index in [1.165, 1.54) is 5.56 Å². The Morgan fingerprint density at radius 3 is 2.82 bits per heavy atom. The van der Waals surface area contributed by atoms with Crippen molar-refractivity contribution >= 4 is 5.82 Å². The van der Waals surface area contributed by atoms with Crippen molar-refractivity contribution in [3.8, 4) is 0 Å². The highest BCUT2D eigenvalue weighted by molar-refractivity contribution is 5.38. The van der Waals surface area contributed by atoms with Gasteiger partial charge in [-0.15, -0.1) is 6.58 Å². The summed E-state index contributed by atoms with van der Waals surface area (Å²) in [5, 5.41) is 3.21. The van der Waals surface area contributed by atoms with E-state index in [1.807, 2.05) is 19.3 Å². The summed E-state index contributed by atoms with van der Waals surface area (Å²) >= 11 is 0. The number of hydrogen-bond donors (Lipinski definition) is 1. The number of pyridine rings is 1. The highest BCUT2D eigenvalue weighted by Gasteiger charge is 2.05. The lowest BCUT2D eigenvalue weighted by Crippen LogP contribution is -2.20. The van der Waals surface area contributed by atoms with E-state index >= 15 is 0 Å². The first-order chi connectivity index (χ1) is 8.19. The van der Waals surface area contributed by atoms with Crippen LogP contribution >= 0.6 is 0 Å². The molecule has 0 fully saturated rings. The largest absolute Gasteiger partial charge is 0.360 e. The Kier molecular flexibility index (Phi) is 5.70. The zero-order chi connectivity index (χ0) is 12.7. The van der Waals surface area contributed by atoms with Gasteiger partial charge < -0.3 is 10.2 Å². The molecule has 1 aromatic heterocycles. The van der Waals surface area contributed by atoms with Crippen LogP contribution in [0, 0.1) is 0 Å². The fourth-order valence-electron chi connectivity index (χ4n) is 1.63. The fourth-order valence-corrected chi connectivity index (χ4v) is 1.63. The SMILES string of the molecule is C=CCCCN(C)c1ccc(C(C)NC)cn1. The minimum Gasteiger partial charge on any atom is -0.360 e. The smallest absolute Gasteiger partial charge is 0.128 e. The van der Waals surface area contributed by atoms with Gasteiger partial charge in [-0.2, -0.15) is 0 Å². The molecule has 0 aromatic carbocycles. The standard InChI is InChI=1S/C14H23N3/c1-5-6-7-10-17(4)14-9-8-13(11-16-14)12(2)15-3/h5,8-9,11-12,15H,1,6-7,10H2,2-4H3. The van der Waals surface area contributed by atoms with Crippen LogP contribution in [0.1, 0.15) is 31.4 Å². The molecule has 3 nitrogen and oxygen atoms in total. The zero-order valence-corrected chi connectivity index (χ0v) is 11.1. The van der Waals surface area contributed by atoms with Crippen molar-refractivity contribution in [2.45, 2.75) is 25.8 Å². The van der Waals surface area contributed by atoms with Gasteiger partial charge in [0.25, 0.3) is 0 Å². The van der Waals surface area contributed by atoms with E-state index in [9.17, 15) is 0 Å². The van der Waals surface area contributed by atoms with E-state index in [2.05, 4.69) is 47.9 Å². The molecule has 0 amide bonds. The zero-order valence-electron chi connectivity index (χ0n) is 11.1. The van der Waals surface area contributed by atoms with Crippen molar-refractivity contribution in [3.63, 3.8) is 0 Å². The lowest BCUT2D eigenvalue weighted by molar-refractivity contribution is 0.649. The van der Waals surface area contributed by atoms with Crippen molar-refractivity contribution in [2.75, 3.05) is 25.5 Å². The average Bonchev–Trinajstić information content (AvgIpc) is 2.38. The molecule has 1 aromatic rings. The molecule has 0 radical (unpaired) electrons. The van der Waals surface area contributed by atoms with Crippen molar-refractivity contribution in [2.24, 2.45) is 0 Å². The molecule has 1 atom stereocenters. The molecule has 0 aliphatic rings. The second-order valence-electron chi connectivity index (χ2n) is 4.31. The number of aromatic nitrogens is 1. The Balaban J connectivity index is 2.57. The Bertz CT molecular complexity index is 332. The monoisotopic (exact) mass is 233 g/mol. The number of rotatable bonds is 7. The average molecular weight is 233 g/mol. The first-order valence-corrected chi connectivity index (χ1v) is 6.14. The molecule has 1 rings (SSSR count). The number of anilines is 1. The maximum atomic E-state index is 4.49. The van der Waals surface area contributed by atoms with Gasteiger partial charge in [0.15, 0.2) is 0 Å². The van der Waals surface area contributed by atoms with Gasteiger partial charge in [0.05, 0.1) is 0 Å². The van der Waals surface area contributed by atoms with Gasteiger partial charge in [-0.25, -0.2) is 4.98 Å². The third-order valence-electron chi connectivity index (χ3n) is 3.00. The van der Waals surface area contributed by atoms with E-state index < -0.39 is 0 Å². The van der Waals surface area contributed by atoms with Gasteiger partial charge in [0.2, 0.25) is 0 Å². The van der Waals surface area contributed by atoms with Crippen molar-refractivity contribution in [1.82, 2.24) is 10.3 Å². The molecule has 1 N–H and O–H groups in total. The summed E-state index contributed by atoms with van der Waals surface area (Å²) in [6.45, 7) is 6.87. The summed E-state index contributed by atoms with van der Waals surface area (Å²) in [5.74, 6) is 1.03. The molecule has 0 bridgehead atoms. The second kappa shape index (κ2) is 7.07. The maximum Gasteiger partial charge on any atom is 0.128 e. The quantitative estimate of drug-likeness (QED) is 0.580. The maximum absolute atomic E-state index is 4.49. The van der Waals surface area contributed by atoms with Gasteiger partial charge in [-0.05, 0) is 38.4 Å². The van der Waals surface area contributed by atoms with Gasteiger partial charge in [0, 0.05) is 25.8 Å². The van der Waals surface area contributed by atoms with Crippen LogP contribution in [0.25, 0.3) is 0 Å². The predicted molar refractivity (Wildman–Crippen MR) is 74.4 cm³/mol. The van der Waals surface area contributed by atoms with E-state index in [4.69, 9.17) is 0 Å². The van der Waals surface area contributed by atoms with Crippen molar-refractivity contribution in [3.05, 3.63) is 36.5 Å². The minimum absolute atomic E-state index is 0.350. The molecule has 1 unspecified atom stereocenters. The topological polar surface area (TPSA) is 28.2 Å². The van der Waals surface area contributed by atoms with Crippen LogP contribution in [-0.4, -0.2) is 25.6 Å². The van der Waals surface area contributed by atoms with Crippen molar-refractivity contribution < 1.29 is 0 Å². The van der Waals surface area contributed by atoms with E-state index in [0.717, 1.165) is 25.2 Å². The van der Waals surface area contributed by atoms with Crippen LogP contribution < -0.4 is 10.2 Å². The summed E-state index contributed by atoms with van der Waals surface area (Å²) < 4.78 is 0. The first kappa shape index (κ1) is 13.7. The van der Waals surface area contributed by atoms with Crippen LogP contribution in [0.2, 0.25) is 0 Å². The molecular weight excluding hydrogens is 210 g/mol. The molecule has 3 heteroatoms. The van der Waals surface area contributed by atoms with E-state index in [1.54, 1.807) is 0 Å². The lowest BCUT2D eigenvalue weighted by atomic mass is 10.1. The molecular formula is C14H23N3. The summed E-state index contributed by atoms with van der Waals surface area (Å²) in [4.78, 5) is 6.66. The van der Waals surface area contributed by atoms with E-state index in [0.29, 0.717) is 6.04 Å². The number of nitrogens with zero attached hydrogens (tertiary/aromatic N) is 2. The summed E-state index contributed by atoms with van der Waals surface area (Å²) in [5.41, 5.74) is 1.22. The molecule has 0 aliphatic heterocycles. The Labute approximate surface area is 105 Å². The normalized spacial score (nSPS) is 12.2. The fraction of sp³-hybridized carbons (Fsp3) is 0.500. The molecule has 1 heterocycles. The van der Waals surface area contributed by atoms with Crippen LogP contribution in [0.3, 0.4) is 0 Å². The highest BCUT2D eigenvalue weighted by Crippen LogP contribution is 2.15. The third kappa shape index (κ3) is 4.19. The summed E-state index contributed by atoms with van der Waals surface area (Å²) in [6, 6.07) is 4.56. The lowest BCUT2D eigenvalue weighted by Gasteiger charge is -2.18. The van der Waals surface area contributed by atoms with Gasteiger partial charge in [-0.3, -0.25) is 0 Å². The molecule has 0 aliphatic carbocycles. The minimum atomic E-state index is 0.350. The van der Waals surface area contributed by atoms with Crippen LogP contribution in [-0.2, 0) is 0 Å².